The fourth-order valence-corrected chi connectivity index (χ4v) is 9.86. The molecule has 5 aliphatic rings. The van der Waals surface area contributed by atoms with Crippen molar-refractivity contribution in [2.45, 2.75) is 69.7 Å². The van der Waals surface area contributed by atoms with Crippen molar-refractivity contribution < 1.29 is 27.6 Å². The van der Waals surface area contributed by atoms with Crippen LogP contribution < -0.4 is 15.1 Å². The monoisotopic (exact) mass is 818 g/mol. The molecule has 13 nitrogen and oxygen atoms in total. The van der Waals surface area contributed by atoms with E-state index >= 15 is 4.39 Å². The van der Waals surface area contributed by atoms with E-state index in [4.69, 9.17) is 9.97 Å². The van der Waals surface area contributed by atoms with E-state index in [9.17, 15) is 23.2 Å². The average molecular weight is 819 g/mol. The van der Waals surface area contributed by atoms with Gasteiger partial charge in [-0.15, -0.1) is 0 Å². The minimum absolute atomic E-state index is 0.0249. The van der Waals surface area contributed by atoms with Crippen molar-refractivity contribution in [2.24, 2.45) is 0 Å². The Morgan fingerprint density at radius 1 is 0.767 bits per heavy atom. The summed E-state index contributed by atoms with van der Waals surface area (Å²) in [6, 6.07) is 14.5. The van der Waals surface area contributed by atoms with E-state index in [-0.39, 0.29) is 48.6 Å². The Hall–Kier alpha value is -5.87. The van der Waals surface area contributed by atoms with Gasteiger partial charge in [-0.2, -0.15) is 5.10 Å². The van der Waals surface area contributed by atoms with Crippen molar-refractivity contribution in [2.75, 3.05) is 55.6 Å². The molecule has 60 heavy (non-hydrogen) atoms. The Balaban J connectivity index is 0.751. The van der Waals surface area contributed by atoms with Crippen molar-refractivity contribution in [3.8, 4) is 11.3 Å². The van der Waals surface area contributed by atoms with E-state index in [0.29, 0.717) is 47.3 Å². The van der Waals surface area contributed by atoms with Crippen molar-refractivity contribution in [1.82, 2.24) is 39.6 Å². The van der Waals surface area contributed by atoms with Crippen LogP contribution in [0.3, 0.4) is 0 Å². The number of hydrogen-bond donors (Lipinski definition) is 1. The summed E-state index contributed by atoms with van der Waals surface area (Å²) in [5, 5.41) is 6.85. The van der Waals surface area contributed by atoms with Crippen LogP contribution in [0.5, 0.6) is 0 Å². The van der Waals surface area contributed by atoms with E-state index in [2.05, 4.69) is 30.0 Å². The maximum atomic E-state index is 15.9. The molecule has 0 saturated carbocycles. The molecular weight excluding hydrogens is 774 g/mol. The SMILES string of the molecule is O=C1CCC(N2Cc3c(ccc(CN4CCC(N5CCN(c6cccc(-c7cnn8ccc(N9CCC[C@@H]9c9ccc(F)cc9F)nc78)n6)CC5)CC4)c3F)C2=O)C(=O)N1. The van der Waals surface area contributed by atoms with Crippen molar-refractivity contribution in [3.05, 3.63) is 107 Å². The number of halogens is 3. The first-order chi connectivity index (χ1) is 29.2. The molecule has 0 aliphatic carbocycles. The fourth-order valence-electron chi connectivity index (χ4n) is 9.86. The van der Waals surface area contributed by atoms with Crippen LogP contribution in [-0.4, -0.2) is 110 Å². The maximum absolute atomic E-state index is 15.9. The number of pyridine rings is 1. The topological polar surface area (TPSA) is 123 Å². The van der Waals surface area contributed by atoms with Crippen LogP contribution in [0.25, 0.3) is 16.9 Å². The zero-order chi connectivity index (χ0) is 41.1. The second kappa shape index (κ2) is 15.6. The van der Waals surface area contributed by atoms with Gasteiger partial charge in [0.2, 0.25) is 11.8 Å². The number of anilines is 2. The van der Waals surface area contributed by atoms with Gasteiger partial charge in [0.1, 0.15) is 35.1 Å². The van der Waals surface area contributed by atoms with Crippen LogP contribution in [0.4, 0.5) is 24.8 Å². The van der Waals surface area contributed by atoms with Crippen molar-refractivity contribution >= 4 is 35.0 Å². The number of nitrogens with zero attached hydrogens (tertiary/aromatic N) is 9. The molecule has 310 valence electrons. The number of amides is 3. The summed E-state index contributed by atoms with van der Waals surface area (Å²) in [7, 11) is 0. The molecule has 0 radical (unpaired) electrons. The molecule has 1 N–H and O–H groups in total. The number of carbonyl (C=O) groups is 3. The summed E-state index contributed by atoms with van der Waals surface area (Å²) >= 11 is 0. The molecule has 2 aromatic carbocycles. The first kappa shape index (κ1) is 38.3. The summed E-state index contributed by atoms with van der Waals surface area (Å²) in [4.78, 5) is 57.9. The van der Waals surface area contributed by atoms with Crippen molar-refractivity contribution in [3.63, 3.8) is 0 Å². The molecule has 3 amide bonds. The normalized spacial score (nSPS) is 22.0. The second-order valence-corrected chi connectivity index (χ2v) is 16.5. The lowest BCUT2D eigenvalue weighted by molar-refractivity contribution is -0.136. The van der Waals surface area contributed by atoms with Crippen LogP contribution in [0, 0.1) is 17.5 Å². The number of imide groups is 1. The van der Waals surface area contributed by atoms with E-state index < -0.39 is 23.6 Å². The lowest BCUT2D eigenvalue weighted by Gasteiger charge is -2.43. The fraction of sp³-hybridized carbons (Fsp3) is 0.409. The average Bonchev–Trinajstić information content (AvgIpc) is 4.00. The third-order valence-electron chi connectivity index (χ3n) is 13.1. The lowest BCUT2D eigenvalue weighted by atomic mass is 10.00. The van der Waals surface area contributed by atoms with Crippen LogP contribution >= 0.6 is 0 Å². The number of piperidine rings is 2. The van der Waals surface area contributed by atoms with Crippen LogP contribution in [0.1, 0.15) is 71.6 Å². The molecule has 5 aromatic rings. The first-order valence-electron chi connectivity index (χ1n) is 20.9. The molecule has 0 spiro atoms. The van der Waals surface area contributed by atoms with E-state index in [0.717, 1.165) is 88.1 Å². The Morgan fingerprint density at radius 2 is 1.60 bits per heavy atom. The van der Waals surface area contributed by atoms with E-state index in [1.807, 2.05) is 30.5 Å². The Labute approximate surface area is 344 Å². The third kappa shape index (κ3) is 7.04. The van der Waals surface area contributed by atoms with Gasteiger partial charge in [-0.1, -0.05) is 18.2 Å². The highest BCUT2D eigenvalue weighted by molar-refractivity contribution is 6.05. The summed E-state index contributed by atoms with van der Waals surface area (Å²) in [5.74, 6) is -1.15. The molecule has 1 unspecified atom stereocenters. The molecule has 0 bridgehead atoms. The lowest BCUT2D eigenvalue weighted by Crippen LogP contribution is -2.53. The Morgan fingerprint density at radius 3 is 2.40 bits per heavy atom. The number of fused-ring (bicyclic) bond motifs is 2. The highest BCUT2D eigenvalue weighted by atomic mass is 19.1. The molecule has 10 rings (SSSR count). The number of nitrogens with one attached hydrogen (secondary N) is 1. The Bertz CT molecular complexity index is 2500. The molecule has 2 atom stereocenters. The first-order valence-corrected chi connectivity index (χ1v) is 20.9. The van der Waals surface area contributed by atoms with Gasteiger partial charge >= 0.3 is 0 Å². The molecule has 8 heterocycles. The quantitative estimate of drug-likeness (QED) is 0.212. The summed E-state index contributed by atoms with van der Waals surface area (Å²) in [6.07, 6.45) is 7.60. The molecule has 4 saturated heterocycles. The number of likely N-dealkylation sites (tertiary alicyclic amines) is 1. The smallest absolute Gasteiger partial charge is 0.255 e. The molecule has 16 heteroatoms. The third-order valence-corrected chi connectivity index (χ3v) is 13.1. The van der Waals surface area contributed by atoms with E-state index in [1.165, 1.54) is 17.0 Å². The van der Waals surface area contributed by atoms with Gasteiger partial charge in [0.05, 0.1) is 30.0 Å². The summed E-state index contributed by atoms with van der Waals surface area (Å²) in [5.41, 5.74) is 3.86. The summed E-state index contributed by atoms with van der Waals surface area (Å²) in [6.45, 7) is 6.33. The minimum atomic E-state index is -0.774. The molecular formula is C44H45F3N10O3. The van der Waals surface area contributed by atoms with Gasteiger partial charge in [0, 0.05) is 86.2 Å². The predicted octanol–water partition coefficient (Wildman–Crippen LogP) is 5.10. The zero-order valence-corrected chi connectivity index (χ0v) is 33.1. The minimum Gasteiger partial charge on any atom is -0.354 e. The molecule has 4 fully saturated rings. The zero-order valence-electron chi connectivity index (χ0n) is 33.1. The number of hydrogen-bond acceptors (Lipinski definition) is 10. The molecule has 3 aromatic heterocycles. The number of carbonyl (C=O) groups excluding carboxylic acids is 3. The van der Waals surface area contributed by atoms with Crippen LogP contribution in [0.2, 0.25) is 0 Å². The highest BCUT2D eigenvalue weighted by Crippen LogP contribution is 2.38. The highest BCUT2D eigenvalue weighted by Gasteiger charge is 2.41. The number of piperazine rings is 1. The predicted molar refractivity (Wildman–Crippen MR) is 216 cm³/mol. The van der Waals surface area contributed by atoms with Gasteiger partial charge in [0.15, 0.2) is 5.65 Å². The van der Waals surface area contributed by atoms with Gasteiger partial charge in [-0.05, 0) is 75.5 Å². The number of benzene rings is 2. The van der Waals surface area contributed by atoms with Crippen LogP contribution in [-0.2, 0) is 22.7 Å². The number of rotatable bonds is 8. The number of aromatic nitrogens is 4. The maximum Gasteiger partial charge on any atom is 0.255 e. The van der Waals surface area contributed by atoms with E-state index in [1.54, 1.807) is 22.8 Å². The second-order valence-electron chi connectivity index (χ2n) is 16.5. The standard InChI is InChI=1S/C44H45F3N10O3/c45-28-7-9-31(34(46)23-28)36-4-2-15-55(36)39-14-18-57-42(50-39)32(24-48-57)35-3-1-5-38(49-35)54-21-19-53(20-22-54)29-12-16-52(17-13-29)25-27-6-8-30-33(41(27)47)26-56(44(30)60)37-10-11-40(58)51-43(37)59/h1,3,5-9,14,18,23-24,29,36-37H,2,4,10-13,15-17,19-22,25-26H2,(H,51,58,59)/t36-,37?/m1/s1. The molecule has 5 aliphatic heterocycles. The van der Waals surface area contributed by atoms with Gasteiger partial charge in [0.25, 0.3) is 5.91 Å². The van der Waals surface area contributed by atoms with Gasteiger partial charge in [-0.3, -0.25) is 29.5 Å². The van der Waals surface area contributed by atoms with Gasteiger partial charge < -0.3 is 14.7 Å². The Kier molecular flexibility index (Phi) is 9.98. The van der Waals surface area contributed by atoms with Crippen LogP contribution in [0.15, 0.2) is 67.0 Å². The largest absolute Gasteiger partial charge is 0.354 e. The summed E-state index contributed by atoms with van der Waals surface area (Å²) < 4.78 is 46.1. The van der Waals surface area contributed by atoms with Crippen molar-refractivity contribution in [1.29, 1.82) is 0 Å². The van der Waals surface area contributed by atoms with Gasteiger partial charge in [-0.25, -0.2) is 27.7 Å².